The van der Waals surface area contributed by atoms with E-state index in [1.54, 1.807) is 0 Å². The van der Waals surface area contributed by atoms with Crippen LogP contribution in [0.3, 0.4) is 0 Å². The number of carbonyl (C=O) groups excluding carboxylic acids is 1. The van der Waals surface area contributed by atoms with Crippen molar-refractivity contribution < 1.29 is 4.79 Å². The fraction of sp³-hybridized carbons (Fsp3) is 0.393. The summed E-state index contributed by atoms with van der Waals surface area (Å²) < 4.78 is 2.02. The molecule has 0 spiro atoms. The van der Waals surface area contributed by atoms with Crippen molar-refractivity contribution in [3.05, 3.63) is 82.2 Å². The Morgan fingerprint density at radius 1 is 1.06 bits per heavy atom. The Morgan fingerprint density at radius 3 is 2.35 bits per heavy atom. The Morgan fingerprint density at radius 2 is 1.76 bits per heavy atom. The molecule has 1 amide bonds. The molecule has 0 aliphatic carbocycles. The summed E-state index contributed by atoms with van der Waals surface area (Å²) in [4.78, 5) is 17.7. The topological polar surface area (TPSA) is 71.3 Å². The highest BCUT2D eigenvalue weighted by molar-refractivity contribution is 6.10. The zero-order valence-corrected chi connectivity index (χ0v) is 21.5. The van der Waals surface area contributed by atoms with Crippen LogP contribution in [0, 0.1) is 20.8 Å². The van der Waals surface area contributed by atoms with Crippen molar-refractivity contribution in [1.82, 2.24) is 15.1 Å². The summed E-state index contributed by atoms with van der Waals surface area (Å²) in [5, 5.41) is 10.9. The molecule has 0 radical (unpaired) electrons. The van der Waals surface area contributed by atoms with Gasteiger partial charge in [0, 0.05) is 30.0 Å². The highest BCUT2D eigenvalue weighted by Gasteiger charge is 2.16. The van der Waals surface area contributed by atoms with Crippen molar-refractivity contribution in [3.63, 3.8) is 0 Å². The number of aryl methyl sites for hydroxylation is 3. The monoisotopic (exact) mass is 459 g/mol. The van der Waals surface area contributed by atoms with Gasteiger partial charge in [-0.3, -0.25) is 19.8 Å². The van der Waals surface area contributed by atoms with Crippen molar-refractivity contribution in [2.45, 2.75) is 66.8 Å². The molecule has 0 aliphatic rings. The first-order valence-electron chi connectivity index (χ1n) is 11.9. The summed E-state index contributed by atoms with van der Waals surface area (Å²) in [6, 6.07) is 15.8. The minimum Gasteiger partial charge on any atom is -0.326 e. The number of amides is 1. The molecule has 0 atom stereocenters. The van der Waals surface area contributed by atoms with Crippen LogP contribution in [0.2, 0.25) is 0 Å². The first-order valence-corrected chi connectivity index (χ1v) is 11.9. The molecule has 0 bridgehead atoms. The summed E-state index contributed by atoms with van der Waals surface area (Å²) in [5.41, 5.74) is 7.26. The normalized spacial score (nSPS) is 12.0. The molecule has 0 aliphatic heterocycles. The molecule has 6 heteroatoms. The predicted octanol–water partition coefficient (Wildman–Crippen LogP) is 5.57. The van der Waals surface area contributed by atoms with E-state index in [0.717, 1.165) is 29.9 Å². The number of nitrogens with zero attached hydrogens (tertiary/aromatic N) is 3. The molecule has 0 saturated heterocycles. The second-order valence-electron chi connectivity index (χ2n) is 9.72. The van der Waals surface area contributed by atoms with Gasteiger partial charge in [0.25, 0.3) is 5.91 Å². The summed E-state index contributed by atoms with van der Waals surface area (Å²) in [7, 11) is 0. The molecule has 3 aromatic rings. The summed E-state index contributed by atoms with van der Waals surface area (Å²) in [5.74, 6) is 0.249. The van der Waals surface area contributed by atoms with Gasteiger partial charge >= 0.3 is 0 Å². The second kappa shape index (κ2) is 10.7. The zero-order valence-electron chi connectivity index (χ0n) is 21.5. The van der Waals surface area contributed by atoms with Gasteiger partial charge in [-0.05, 0) is 80.5 Å². The van der Waals surface area contributed by atoms with E-state index in [1.807, 2.05) is 67.1 Å². The van der Waals surface area contributed by atoms with Crippen LogP contribution in [0.4, 0.5) is 5.69 Å². The van der Waals surface area contributed by atoms with Crippen molar-refractivity contribution in [3.8, 4) is 0 Å². The quantitative estimate of drug-likeness (QED) is 0.374. The third kappa shape index (κ3) is 6.34. The molecule has 0 fully saturated rings. The lowest BCUT2D eigenvalue weighted by atomic mass is 9.87. The number of carbonyl (C=O) groups is 1. The van der Waals surface area contributed by atoms with Crippen LogP contribution < -0.4 is 10.6 Å². The first-order chi connectivity index (χ1) is 16.1. The average Bonchev–Trinajstić information content (AvgIpc) is 3.06. The maximum Gasteiger partial charge on any atom is 0.257 e. The van der Waals surface area contributed by atoms with Gasteiger partial charge < -0.3 is 5.32 Å². The number of guanidine groups is 1. The molecular formula is C28H37N5O. The van der Waals surface area contributed by atoms with Gasteiger partial charge in [-0.15, -0.1) is 0 Å². The van der Waals surface area contributed by atoms with Gasteiger partial charge in [0.05, 0.1) is 5.69 Å². The third-order valence-electron chi connectivity index (χ3n) is 5.99. The van der Waals surface area contributed by atoms with Crippen LogP contribution in [0.5, 0.6) is 0 Å². The van der Waals surface area contributed by atoms with Crippen LogP contribution in [0.1, 0.15) is 66.1 Å². The maximum absolute atomic E-state index is 13.0. The largest absolute Gasteiger partial charge is 0.326 e. The minimum atomic E-state index is -0.189. The summed E-state index contributed by atoms with van der Waals surface area (Å²) in [6.45, 7) is 16.1. The van der Waals surface area contributed by atoms with E-state index in [4.69, 9.17) is 4.99 Å². The number of hydrogen-bond acceptors (Lipinski definition) is 3. The van der Waals surface area contributed by atoms with Crippen molar-refractivity contribution in [1.29, 1.82) is 0 Å². The number of hydrogen-bond donors (Lipinski definition) is 2. The molecule has 1 aromatic heterocycles. The van der Waals surface area contributed by atoms with E-state index in [1.165, 1.54) is 16.8 Å². The molecule has 0 unspecified atom stereocenters. The lowest BCUT2D eigenvalue weighted by molar-refractivity contribution is 0.0977. The zero-order chi connectivity index (χ0) is 24.9. The van der Waals surface area contributed by atoms with E-state index < -0.39 is 0 Å². The molecule has 1 heterocycles. The fourth-order valence-corrected chi connectivity index (χ4v) is 3.95. The van der Waals surface area contributed by atoms with Gasteiger partial charge in [-0.25, -0.2) is 0 Å². The van der Waals surface area contributed by atoms with Gasteiger partial charge in [0.15, 0.2) is 0 Å². The molecular weight excluding hydrogens is 422 g/mol. The SMILES string of the molecule is CCn1nc(C)c(CCN=C(NC(=O)c2ccc(C(C)(C)C)cc2)Nc2cccc(C)c2)c1C. The number of benzene rings is 2. The Balaban J connectivity index is 1.79. The van der Waals surface area contributed by atoms with Crippen molar-refractivity contribution >= 4 is 17.6 Å². The smallest absolute Gasteiger partial charge is 0.257 e. The lowest BCUT2D eigenvalue weighted by Gasteiger charge is -2.19. The van der Waals surface area contributed by atoms with E-state index in [2.05, 4.69) is 50.4 Å². The third-order valence-corrected chi connectivity index (χ3v) is 5.99. The highest BCUT2D eigenvalue weighted by atomic mass is 16.1. The highest BCUT2D eigenvalue weighted by Crippen LogP contribution is 2.22. The Bertz CT molecular complexity index is 1170. The van der Waals surface area contributed by atoms with Crippen LogP contribution in [-0.2, 0) is 18.4 Å². The summed E-state index contributed by atoms with van der Waals surface area (Å²) >= 11 is 0. The van der Waals surface area contributed by atoms with E-state index in [9.17, 15) is 4.79 Å². The van der Waals surface area contributed by atoms with Crippen LogP contribution >= 0.6 is 0 Å². The van der Waals surface area contributed by atoms with Gasteiger partial charge in [0.1, 0.15) is 0 Å². The van der Waals surface area contributed by atoms with Gasteiger partial charge in [-0.1, -0.05) is 45.0 Å². The van der Waals surface area contributed by atoms with Crippen molar-refractivity contribution in [2.75, 3.05) is 11.9 Å². The van der Waals surface area contributed by atoms with Crippen LogP contribution in [-0.4, -0.2) is 28.2 Å². The molecule has 2 aromatic carbocycles. The predicted molar refractivity (Wildman–Crippen MR) is 141 cm³/mol. The lowest BCUT2D eigenvalue weighted by Crippen LogP contribution is -2.36. The summed E-state index contributed by atoms with van der Waals surface area (Å²) in [6.07, 6.45) is 0.757. The molecule has 3 rings (SSSR count). The van der Waals surface area contributed by atoms with Crippen LogP contribution in [0.15, 0.2) is 53.5 Å². The van der Waals surface area contributed by atoms with Crippen molar-refractivity contribution in [2.24, 2.45) is 4.99 Å². The molecule has 0 saturated carbocycles. The molecule has 2 N–H and O–H groups in total. The molecule has 34 heavy (non-hydrogen) atoms. The standard InChI is InChI=1S/C28H37N5O/c1-8-33-21(4)25(20(3)32-33)16-17-29-27(30-24-11-9-10-19(2)18-24)31-26(34)22-12-14-23(15-13-22)28(5,6)7/h9-15,18H,8,16-17H2,1-7H3,(H2,29,30,31,34). The number of anilines is 1. The second-order valence-corrected chi connectivity index (χ2v) is 9.72. The van der Waals surface area contributed by atoms with E-state index in [0.29, 0.717) is 18.1 Å². The van der Waals surface area contributed by atoms with Gasteiger partial charge in [-0.2, -0.15) is 5.10 Å². The number of aliphatic imine (C=N–C) groups is 1. The first kappa shape index (κ1) is 25.2. The van der Waals surface area contributed by atoms with Crippen LogP contribution in [0.25, 0.3) is 0 Å². The van der Waals surface area contributed by atoms with E-state index in [-0.39, 0.29) is 11.3 Å². The molecule has 180 valence electrons. The Kier molecular flexibility index (Phi) is 7.92. The number of aromatic nitrogens is 2. The fourth-order valence-electron chi connectivity index (χ4n) is 3.95. The number of nitrogens with one attached hydrogen (secondary N) is 2. The van der Waals surface area contributed by atoms with Gasteiger partial charge in [0.2, 0.25) is 5.96 Å². The molecule has 6 nitrogen and oxygen atoms in total. The Labute approximate surface area is 203 Å². The van der Waals surface area contributed by atoms with E-state index >= 15 is 0 Å². The maximum atomic E-state index is 13.0. The number of rotatable bonds is 6. The Hall–Kier alpha value is -3.41. The average molecular weight is 460 g/mol. The minimum absolute atomic E-state index is 0.0379.